The van der Waals surface area contributed by atoms with Crippen molar-refractivity contribution in [3.8, 4) is 5.75 Å². The quantitative estimate of drug-likeness (QED) is 0.434. The third kappa shape index (κ3) is 6.16. The second-order valence-electron chi connectivity index (χ2n) is 5.59. The van der Waals surface area contributed by atoms with E-state index in [1.807, 2.05) is 56.3 Å². The molecule has 0 spiro atoms. The summed E-state index contributed by atoms with van der Waals surface area (Å²) in [4.78, 5) is 11.7. The molecular weight excluding hydrogens is 368 g/mol. The molecule has 0 aromatic heterocycles. The van der Waals surface area contributed by atoms with Gasteiger partial charge in [-0.05, 0) is 59.5 Å². The van der Waals surface area contributed by atoms with E-state index in [1.165, 1.54) is 11.1 Å². The van der Waals surface area contributed by atoms with Crippen LogP contribution in [-0.2, 0) is 4.79 Å². The number of hydrazone groups is 1. The molecule has 24 heavy (non-hydrogen) atoms. The number of hydrogen-bond donors (Lipinski definition) is 1. The molecule has 2 aromatic carbocycles. The predicted molar refractivity (Wildman–Crippen MR) is 101 cm³/mol. The van der Waals surface area contributed by atoms with Gasteiger partial charge in [0.2, 0.25) is 5.91 Å². The lowest BCUT2D eigenvalue weighted by Crippen LogP contribution is -2.18. The maximum Gasteiger partial charge on any atom is 0.240 e. The van der Waals surface area contributed by atoms with Crippen LogP contribution in [0.15, 0.2) is 52.0 Å². The van der Waals surface area contributed by atoms with Crippen LogP contribution in [0.5, 0.6) is 5.75 Å². The zero-order chi connectivity index (χ0) is 17.4. The fraction of sp³-hybridized carbons (Fsp3) is 0.263. The second-order valence-corrected chi connectivity index (χ2v) is 6.44. The van der Waals surface area contributed by atoms with Crippen LogP contribution in [0.4, 0.5) is 0 Å². The van der Waals surface area contributed by atoms with E-state index in [1.54, 1.807) is 6.21 Å². The lowest BCUT2D eigenvalue weighted by atomic mass is 10.2. The standard InChI is InChI=1S/C19H21BrN2O2/c1-14-5-8-16(9-6-14)13-21-22-19(23)4-3-11-24-18-10-7-15(2)12-17(18)20/h5-10,12-13H,3-4,11H2,1-2H3,(H,22,23)/b21-13+. The van der Waals surface area contributed by atoms with Crippen molar-refractivity contribution in [2.75, 3.05) is 6.61 Å². The van der Waals surface area contributed by atoms with Crippen LogP contribution in [0.2, 0.25) is 0 Å². The van der Waals surface area contributed by atoms with E-state index in [9.17, 15) is 4.79 Å². The lowest BCUT2D eigenvalue weighted by Gasteiger charge is -2.08. The normalized spacial score (nSPS) is 10.8. The van der Waals surface area contributed by atoms with Crippen molar-refractivity contribution in [2.45, 2.75) is 26.7 Å². The van der Waals surface area contributed by atoms with Gasteiger partial charge >= 0.3 is 0 Å². The van der Waals surface area contributed by atoms with E-state index in [4.69, 9.17) is 4.74 Å². The number of rotatable bonds is 7. The number of hydrogen-bond acceptors (Lipinski definition) is 3. The molecule has 0 unspecified atom stereocenters. The highest BCUT2D eigenvalue weighted by molar-refractivity contribution is 9.10. The summed E-state index contributed by atoms with van der Waals surface area (Å²) in [6, 6.07) is 13.8. The van der Waals surface area contributed by atoms with Crippen LogP contribution >= 0.6 is 15.9 Å². The van der Waals surface area contributed by atoms with Gasteiger partial charge in [-0.1, -0.05) is 35.9 Å². The van der Waals surface area contributed by atoms with Gasteiger partial charge < -0.3 is 4.74 Å². The maximum absolute atomic E-state index is 11.7. The molecule has 5 heteroatoms. The van der Waals surface area contributed by atoms with Crippen molar-refractivity contribution < 1.29 is 9.53 Å². The molecule has 0 radical (unpaired) electrons. The Labute approximate surface area is 151 Å². The van der Waals surface area contributed by atoms with Crippen molar-refractivity contribution in [3.63, 3.8) is 0 Å². The minimum Gasteiger partial charge on any atom is -0.492 e. The van der Waals surface area contributed by atoms with Crippen molar-refractivity contribution >= 4 is 28.1 Å². The number of nitrogens with one attached hydrogen (secondary N) is 1. The summed E-state index contributed by atoms with van der Waals surface area (Å²) in [5, 5.41) is 3.96. The first-order valence-electron chi connectivity index (χ1n) is 7.82. The van der Waals surface area contributed by atoms with Gasteiger partial charge in [-0.25, -0.2) is 5.43 Å². The molecule has 126 valence electrons. The first kappa shape index (κ1) is 18.2. The number of carbonyl (C=O) groups is 1. The smallest absolute Gasteiger partial charge is 0.240 e. The highest BCUT2D eigenvalue weighted by Gasteiger charge is 2.03. The Hall–Kier alpha value is -2.14. The van der Waals surface area contributed by atoms with E-state index in [2.05, 4.69) is 26.5 Å². The molecule has 1 amide bonds. The topological polar surface area (TPSA) is 50.7 Å². The van der Waals surface area contributed by atoms with Gasteiger partial charge in [-0.3, -0.25) is 4.79 Å². The molecule has 0 heterocycles. The monoisotopic (exact) mass is 388 g/mol. The maximum atomic E-state index is 11.7. The first-order chi connectivity index (χ1) is 11.5. The third-order valence-corrected chi connectivity index (χ3v) is 3.99. The zero-order valence-electron chi connectivity index (χ0n) is 13.9. The van der Waals surface area contributed by atoms with Crippen LogP contribution in [0.3, 0.4) is 0 Å². The number of amides is 1. The van der Waals surface area contributed by atoms with Crippen molar-refractivity contribution in [1.82, 2.24) is 5.43 Å². The summed E-state index contributed by atoms with van der Waals surface area (Å²) in [7, 11) is 0. The summed E-state index contributed by atoms with van der Waals surface area (Å²) in [6.45, 7) is 4.53. The first-order valence-corrected chi connectivity index (χ1v) is 8.61. The molecule has 0 saturated heterocycles. The van der Waals surface area contributed by atoms with Crippen LogP contribution in [0.1, 0.15) is 29.5 Å². The van der Waals surface area contributed by atoms with Crippen molar-refractivity contribution in [3.05, 3.63) is 63.6 Å². The van der Waals surface area contributed by atoms with Crippen molar-refractivity contribution in [1.29, 1.82) is 0 Å². The van der Waals surface area contributed by atoms with Gasteiger partial charge in [0.15, 0.2) is 0 Å². The SMILES string of the molecule is Cc1ccc(/C=N/NC(=O)CCCOc2ccc(C)cc2Br)cc1. The van der Waals surface area contributed by atoms with Gasteiger partial charge in [0.1, 0.15) is 5.75 Å². The zero-order valence-corrected chi connectivity index (χ0v) is 15.5. The fourth-order valence-corrected chi connectivity index (χ4v) is 2.63. The number of nitrogens with zero attached hydrogens (tertiary/aromatic N) is 1. The molecule has 1 N–H and O–H groups in total. The molecule has 2 rings (SSSR count). The van der Waals surface area contributed by atoms with Crippen LogP contribution < -0.4 is 10.2 Å². The Morgan fingerprint density at radius 3 is 2.58 bits per heavy atom. The summed E-state index contributed by atoms with van der Waals surface area (Å²) < 4.78 is 6.59. The molecule has 0 aliphatic carbocycles. The second kappa shape index (κ2) is 9.23. The molecule has 4 nitrogen and oxygen atoms in total. The molecule has 0 aliphatic heterocycles. The number of carbonyl (C=O) groups excluding carboxylic acids is 1. The summed E-state index contributed by atoms with van der Waals surface area (Å²) in [5.74, 6) is 0.670. The Kier molecular flexibility index (Phi) is 7.00. The summed E-state index contributed by atoms with van der Waals surface area (Å²) >= 11 is 3.47. The molecule has 0 fully saturated rings. The third-order valence-electron chi connectivity index (χ3n) is 3.37. The minimum atomic E-state index is -0.120. The van der Waals surface area contributed by atoms with Gasteiger partial charge in [-0.2, -0.15) is 5.10 Å². The average molecular weight is 389 g/mol. The average Bonchev–Trinajstić information content (AvgIpc) is 2.55. The molecule has 2 aromatic rings. The number of benzene rings is 2. The molecule has 0 atom stereocenters. The van der Waals surface area contributed by atoms with Gasteiger partial charge in [0, 0.05) is 6.42 Å². The number of halogens is 1. The van der Waals surface area contributed by atoms with Gasteiger partial charge in [0.05, 0.1) is 17.3 Å². The summed E-state index contributed by atoms with van der Waals surface area (Å²) in [6.07, 6.45) is 2.64. The lowest BCUT2D eigenvalue weighted by molar-refractivity contribution is -0.121. The van der Waals surface area contributed by atoms with Crippen LogP contribution in [-0.4, -0.2) is 18.7 Å². The molecule has 0 aliphatic rings. The Morgan fingerprint density at radius 1 is 1.17 bits per heavy atom. The van der Waals surface area contributed by atoms with Gasteiger partial charge in [-0.15, -0.1) is 0 Å². The highest BCUT2D eigenvalue weighted by Crippen LogP contribution is 2.25. The van der Waals surface area contributed by atoms with Gasteiger partial charge in [0.25, 0.3) is 0 Å². The Balaban J connectivity index is 1.67. The highest BCUT2D eigenvalue weighted by atomic mass is 79.9. The summed E-state index contributed by atoms with van der Waals surface area (Å²) in [5.41, 5.74) is 5.84. The van der Waals surface area contributed by atoms with E-state index >= 15 is 0 Å². The molecule has 0 bridgehead atoms. The van der Waals surface area contributed by atoms with E-state index in [0.29, 0.717) is 19.4 Å². The predicted octanol–water partition coefficient (Wildman–Crippen LogP) is 4.38. The van der Waals surface area contributed by atoms with Crippen LogP contribution in [0.25, 0.3) is 0 Å². The van der Waals surface area contributed by atoms with E-state index in [0.717, 1.165) is 15.8 Å². The Bertz CT molecular complexity index is 712. The molecular formula is C19H21BrN2O2. The van der Waals surface area contributed by atoms with E-state index < -0.39 is 0 Å². The molecule has 0 saturated carbocycles. The fourth-order valence-electron chi connectivity index (χ4n) is 2.03. The van der Waals surface area contributed by atoms with Crippen molar-refractivity contribution in [2.24, 2.45) is 5.10 Å². The van der Waals surface area contributed by atoms with E-state index in [-0.39, 0.29) is 5.91 Å². The largest absolute Gasteiger partial charge is 0.492 e. The minimum absolute atomic E-state index is 0.120. The van der Waals surface area contributed by atoms with Crippen LogP contribution in [0, 0.1) is 13.8 Å². The number of aryl methyl sites for hydroxylation is 2. The Morgan fingerprint density at radius 2 is 1.88 bits per heavy atom. The number of ether oxygens (including phenoxy) is 1.